The van der Waals surface area contributed by atoms with Gasteiger partial charge >= 0.3 is 5.97 Å². The fraction of sp³-hybridized carbons (Fsp3) is 0.293. The summed E-state index contributed by atoms with van der Waals surface area (Å²) < 4.78 is 6.27. The van der Waals surface area contributed by atoms with Gasteiger partial charge in [-0.2, -0.15) is 5.26 Å². The van der Waals surface area contributed by atoms with Crippen LogP contribution in [-0.2, 0) is 17.8 Å². The number of nitrogens with one attached hydrogen (secondary N) is 1. The molecule has 51 heavy (non-hydrogen) atoms. The van der Waals surface area contributed by atoms with Crippen LogP contribution in [0.1, 0.15) is 47.6 Å². The minimum atomic E-state index is -0.767. The summed E-state index contributed by atoms with van der Waals surface area (Å²) in [5, 5.41) is 33.3. The highest BCUT2D eigenvalue weighted by Crippen LogP contribution is 2.38. The lowest BCUT2D eigenvalue weighted by Gasteiger charge is -2.16. The molecule has 3 aromatic heterocycles. The van der Waals surface area contributed by atoms with Crippen molar-refractivity contribution in [1.29, 1.82) is 5.26 Å². The van der Waals surface area contributed by atoms with Crippen molar-refractivity contribution in [3.8, 4) is 28.7 Å². The van der Waals surface area contributed by atoms with Gasteiger partial charge in [-0.1, -0.05) is 31.2 Å². The molecule has 3 N–H and O–H groups in total. The van der Waals surface area contributed by atoms with E-state index in [4.69, 9.17) is 14.4 Å². The van der Waals surface area contributed by atoms with Gasteiger partial charge in [0.25, 0.3) is 0 Å². The molecule has 0 radical (unpaired) electrons. The highest BCUT2D eigenvalue weighted by Gasteiger charge is 2.28. The molecule has 0 spiro atoms. The van der Waals surface area contributed by atoms with Crippen LogP contribution >= 0.6 is 0 Å². The number of nitrogens with zero attached hydrogens (tertiary/aromatic N) is 5. The van der Waals surface area contributed by atoms with Crippen LogP contribution in [0, 0.1) is 37.0 Å². The Labute approximate surface area is 296 Å². The molecule has 0 bridgehead atoms. The molecule has 6 aromatic rings. The van der Waals surface area contributed by atoms with Crippen LogP contribution in [0.4, 0.5) is 11.5 Å². The number of benzene rings is 3. The highest BCUT2D eigenvalue weighted by atomic mass is 16.4. The average Bonchev–Trinajstić information content (AvgIpc) is 3.79. The van der Waals surface area contributed by atoms with Crippen molar-refractivity contribution >= 4 is 39.5 Å². The summed E-state index contributed by atoms with van der Waals surface area (Å²) in [5.41, 5.74) is 10.1. The van der Waals surface area contributed by atoms with E-state index in [2.05, 4.69) is 53.3 Å². The number of aliphatic carboxylic acids is 1. The topological polar surface area (TPSA) is 148 Å². The molecule has 0 unspecified atom stereocenters. The number of pyridine rings is 2. The molecule has 7 rings (SSSR count). The molecule has 258 valence electrons. The third-order valence-electron chi connectivity index (χ3n) is 10.0. The lowest BCUT2D eigenvalue weighted by molar-refractivity contribution is -0.141. The summed E-state index contributed by atoms with van der Waals surface area (Å²) in [6.45, 7) is 8.10. The number of rotatable bonds is 11. The third-order valence-corrected chi connectivity index (χ3v) is 10.0. The Morgan fingerprint density at radius 2 is 1.84 bits per heavy atom. The Morgan fingerprint density at radius 3 is 2.61 bits per heavy atom. The molecule has 1 fully saturated rings. The van der Waals surface area contributed by atoms with Crippen molar-refractivity contribution in [2.75, 3.05) is 25.0 Å². The molecular weight excluding hydrogens is 640 g/mol. The van der Waals surface area contributed by atoms with E-state index in [1.54, 1.807) is 6.20 Å². The van der Waals surface area contributed by atoms with Gasteiger partial charge in [0, 0.05) is 48.7 Å². The zero-order valence-electron chi connectivity index (χ0n) is 29.0. The second-order valence-corrected chi connectivity index (χ2v) is 13.7. The second-order valence-electron chi connectivity index (χ2n) is 13.7. The number of carbonyl (C=O) groups is 1. The van der Waals surface area contributed by atoms with Gasteiger partial charge in [-0.05, 0) is 115 Å². The van der Waals surface area contributed by atoms with Crippen LogP contribution in [0.3, 0.4) is 0 Å². The van der Waals surface area contributed by atoms with Crippen LogP contribution in [0.5, 0.6) is 0 Å². The minimum Gasteiger partial charge on any atom is -0.481 e. The molecule has 2 atom stereocenters. The first-order chi connectivity index (χ1) is 24.7. The number of likely N-dealkylation sites (tertiary alicyclic amines) is 1. The summed E-state index contributed by atoms with van der Waals surface area (Å²) in [7, 11) is 0. The number of aliphatic hydroxyl groups excluding tert-OH is 1. The van der Waals surface area contributed by atoms with E-state index in [1.165, 1.54) is 0 Å². The van der Waals surface area contributed by atoms with Gasteiger partial charge < -0.3 is 19.9 Å². The standard InChI is InChI=1S/C41H40N6O4/c1-24(23-48)10-11-27-16-29-12-14-43-39(37(29)44-20-27)45-35-9-5-7-33(26(35)3)32-6-4-8-34(25(32)2)40-46-36-18-28(17-31(19-42)38(36)51-40)21-47-15-13-30(22-47)41(49)50/h4-9,12,14,16-18,20,24,30,48H,10-11,13,15,21-23H2,1-3H3,(H,43,45)(H,49,50)/t24-,30+/m0/s1. The second kappa shape index (κ2) is 14.3. The van der Waals surface area contributed by atoms with Gasteiger partial charge in [-0.25, -0.2) is 9.97 Å². The number of carboxylic acids is 1. The number of carboxylic acid groups (broad SMARTS) is 1. The Bertz CT molecular complexity index is 2310. The molecule has 0 aliphatic carbocycles. The summed E-state index contributed by atoms with van der Waals surface area (Å²) in [6.07, 6.45) is 6.07. The molecule has 10 nitrogen and oxygen atoms in total. The van der Waals surface area contributed by atoms with Crippen molar-refractivity contribution in [1.82, 2.24) is 19.9 Å². The van der Waals surface area contributed by atoms with E-state index < -0.39 is 5.97 Å². The number of aryl methyl sites for hydroxylation is 1. The van der Waals surface area contributed by atoms with Crippen molar-refractivity contribution in [3.05, 3.63) is 101 Å². The average molecular weight is 681 g/mol. The molecule has 0 amide bonds. The van der Waals surface area contributed by atoms with Gasteiger partial charge in [0.15, 0.2) is 11.4 Å². The van der Waals surface area contributed by atoms with Gasteiger partial charge in [-0.15, -0.1) is 0 Å². The van der Waals surface area contributed by atoms with Crippen LogP contribution < -0.4 is 5.32 Å². The number of aliphatic hydroxyl groups is 1. The predicted molar refractivity (Wildman–Crippen MR) is 197 cm³/mol. The van der Waals surface area contributed by atoms with E-state index in [0.717, 1.165) is 68.4 Å². The first-order valence-electron chi connectivity index (χ1n) is 17.3. The zero-order chi connectivity index (χ0) is 35.6. The molecule has 4 heterocycles. The maximum atomic E-state index is 11.4. The molecular formula is C41H40N6O4. The maximum Gasteiger partial charge on any atom is 0.307 e. The van der Waals surface area contributed by atoms with E-state index in [-0.39, 0.29) is 18.4 Å². The maximum absolute atomic E-state index is 11.4. The fourth-order valence-corrected chi connectivity index (χ4v) is 7.00. The summed E-state index contributed by atoms with van der Waals surface area (Å²) >= 11 is 0. The van der Waals surface area contributed by atoms with Crippen molar-refractivity contribution in [2.45, 2.75) is 46.6 Å². The van der Waals surface area contributed by atoms with Crippen molar-refractivity contribution in [2.24, 2.45) is 11.8 Å². The quantitative estimate of drug-likeness (QED) is 0.124. The van der Waals surface area contributed by atoms with Crippen molar-refractivity contribution < 1.29 is 19.4 Å². The van der Waals surface area contributed by atoms with Gasteiger partial charge in [0.2, 0.25) is 5.89 Å². The predicted octanol–water partition coefficient (Wildman–Crippen LogP) is 7.80. The normalized spacial score (nSPS) is 15.3. The van der Waals surface area contributed by atoms with E-state index in [9.17, 15) is 20.3 Å². The van der Waals surface area contributed by atoms with Gasteiger partial charge in [0.1, 0.15) is 17.1 Å². The lowest BCUT2D eigenvalue weighted by atomic mass is 9.93. The van der Waals surface area contributed by atoms with Crippen LogP contribution in [0.25, 0.3) is 44.6 Å². The number of nitriles is 1. The monoisotopic (exact) mass is 680 g/mol. The molecule has 3 aromatic carbocycles. The molecule has 1 aliphatic rings. The summed E-state index contributed by atoms with van der Waals surface area (Å²) in [5.74, 6) is 0.234. The Kier molecular flexibility index (Phi) is 9.50. The van der Waals surface area contributed by atoms with E-state index in [0.29, 0.717) is 54.4 Å². The first-order valence-corrected chi connectivity index (χ1v) is 17.3. The Hall–Kier alpha value is -5.63. The molecule has 1 saturated heterocycles. The van der Waals surface area contributed by atoms with Gasteiger partial charge in [0.05, 0.1) is 11.5 Å². The molecule has 1 aliphatic heterocycles. The first kappa shape index (κ1) is 33.8. The minimum absolute atomic E-state index is 0.182. The number of oxazole rings is 1. The number of anilines is 2. The van der Waals surface area contributed by atoms with Crippen molar-refractivity contribution in [3.63, 3.8) is 0 Å². The number of hydrogen-bond acceptors (Lipinski definition) is 9. The van der Waals surface area contributed by atoms with Crippen LogP contribution in [-0.4, -0.2) is 55.7 Å². The van der Waals surface area contributed by atoms with E-state index in [1.807, 2.05) is 55.6 Å². The molecule has 10 heteroatoms. The molecule has 0 saturated carbocycles. The fourth-order valence-electron chi connectivity index (χ4n) is 7.00. The largest absolute Gasteiger partial charge is 0.481 e. The highest BCUT2D eigenvalue weighted by molar-refractivity contribution is 5.91. The van der Waals surface area contributed by atoms with Crippen LogP contribution in [0.2, 0.25) is 0 Å². The lowest BCUT2D eigenvalue weighted by Crippen LogP contribution is -2.22. The van der Waals surface area contributed by atoms with Crippen LogP contribution in [0.15, 0.2) is 77.5 Å². The van der Waals surface area contributed by atoms with Gasteiger partial charge in [-0.3, -0.25) is 14.7 Å². The summed E-state index contributed by atoms with van der Waals surface area (Å²) in [4.78, 5) is 27.8. The smallest absolute Gasteiger partial charge is 0.307 e. The Morgan fingerprint density at radius 1 is 1.06 bits per heavy atom. The zero-order valence-corrected chi connectivity index (χ0v) is 29.0. The number of hydrogen-bond donors (Lipinski definition) is 3. The number of fused-ring (bicyclic) bond motifs is 2. The third kappa shape index (κ3) is 6.91. The Balaban J connectivity index is 1.17. The SMILES string of the molecule is Cc1c(Nc2nccc3cc(CC[C@H](C)CO)cnc23)cccc1-c1cccc(-c2nc3cc(CN4CC[C@@H](C(=O)O)C4)cc(C#N)c3o2)c1C. The van der Waals surface area contributed by atoms with E-state index >= 15 is 0 Å². The number of aromatic nitrogens is 3. The summed E-state index contributed by atoms with van der Waals surface area (Å²) in [6, 6.07) is 22.4.